The highest BCUT2D eigenvalue weighted by Crippen LogP contribution is 2.67. The van der Waals surface area contributed by atoms with E-state index in [1.54, 1.807) is 5.57 Å². The van der Waals surface area contributed by atoms with Crippen molar-refractivity contribution >= 4 is 11.8 Å². The normalized spacial score (nSPS) is 48.1. The van der Waals surface area contributed by atoms with Crippen LogP contribution in [0.1, 0.15) is 66.2 Å². The summed E-state index contributed by atoms with van der Waals surface area (Å²) in [5.41, 5.74) is 3.37. The molecule has 29 heavy (non-hydrogen) atoms. The summed E-state index contributed by atoms with van der Waals surface area (Å²) in [7, 11) is 0. The molecule has 5 aliphatic rings. The van der Waals surface area contributed by atoms with E-state index in [-0.39, 0.29) is 29.0 Å². The highest BCUT2D eigenvalue weighted by molar-refractivity contribution is 5.92. The number of esters is 1. The van der Waals surface area contributed by atoms with Crippen LogP contribution in [0.2, 0.25) is 0 Å². The lowest BCUT2D eigenvalue weighted by molar-refractivity contribution is -0.141. The predicted molar refractivity (Wildman–Crippen MR) is 110 cm³/mol. The van der Waals surface area contributed by atoms with E-state index in [0.29, 0.717) is 42.5 Å². The topological polar surface area (TPSA) is 55.9 Å². The number of epoxide rings is 1. The predicted octanol–water partition coefficient (Wildman–Crippen LogP) is 4.63. The quantitative estimate of drug-likeness (QED) is 0.395. The first-order chi connectivity index (χ1) is 13.7. The van der Waals surface area contributed by atoms with Crippen molar-refractivity contribution in [1.82, 2.24) is 0 Å². The van der Waals surface area contributed by atoms with Crippen LogP contribution in [0.25, 0.3) is 0 Å². The molecule has 4 nitrogen and oxygen atoms in total. The average Bonchev–Trinajstić information content (AvgIpc) is 3.36. The molecule has 1 aliphatic heterocycles. The monoisotopic (exact) mass is 398 g/mol. The van der Waals surface area contributed by atoms with E-state index in [1.807, 2.05) is 6.08 Å². The fourth-order valence-electron chi connectivity index (χ4n) is 7.77. The lowest BCUT2D eigenvalue weighted by Crippen LogP contribution is -2.45. The van der Waals surface area contributed by atoms with Crippen molar-refractivity contribution in [2.24, 2.45) is 34.5 Å². The first-order valence-electron chi connectivity index (χ1n) is 11.5. The van der Waals surface area contributed by atoms with Gasteiger partial charge in [-0.05, 0) is 67.3 Å². The summed E-state index contributed by atoms with van der Waals surface area (Å²) < 4.78 is 11.3. The van der Waals surface area contributed by atoms with Crippen molar-refractivity contribution < 1.29 is 19.1 Å². The van der Waals surface area contributed by atoms with Crippen LogP contribution in [-0.2, 0) is 19.1 Å². The second kappa shape index (κ2) is 6.54. The largest absolute Gasteiger partial charge is 0.463 e. The van der Waals surface area contributed by atoms with Gasteiger partial charge in [0.2, 0.25) is 0 Å². The minimum absolute atomic E-state index is 0.0788. The van der Waals surface area contributed by atoms with Gasteiger partial charge < -0.3 is 9.47 Å². The average molecular weight is 399 g/mol. The molecule has 3 fully saturated rings. The first kappa shape index (κ1) is 19.5. The minimum atomic E-state index is -0.224. The molecule has 0 bridgehead atoms. The van der Waals surface area contributed by atoms with Crippen molar-refractivity contribution in [1.29, 1.82) is 0 Å². The van der Waals surface area contributed by atoms with Crippen molar-refractivity contribution in [3.8, 4) is 0 Å². The highest BCUT2D eigenvalue weighted by atomic mass is 16.6. The van der Waals surface area contributed by atoms with Gasteiger partial charge >= 0.3 is 5.97 Å². The Kier molecular flexibility index (Phi) is 4.40. The van der Waals surface area contributed by atoms with Crippen LogP contribution in [-0.4, -0.2) is 30.6 Å². The third kappa shape index (κ3) is 2.89. The van der Waals surface area contributed by atoms with Gasteiger partial charge in [-0.3, -0.25) is 9.59 Å². The lowest BCUT2D eigenvalue weighted by Gasteiger charge is -2.53. The van der Waals surface area contributed by atoms with Crippen LogP contribution in [0.3, 0.4) is 0 Å². The van der Waals surface area contributed by atoms with Crippen LogP contribution in [0, 0.1) is 34.5 Å². The molecule has 4 unspecified atom stereocenters. The molecule has 4 heteroatoms. The number of ether oxygens (including phenoxy) is 2. The zero-order chi connectivity index (χ0) is 20.6. The van der Waals surface area contributed by atoms with Gasteiger partial charge in [-0.2, -0.15) is 0 Å². The fraction of sp³-hybridized carbons (Fsp3) is 0.760. The zero-order valence-electron chi connectivity index (χ0n) is 18.2. The summed E-state index contributed by atoms with van der Waals surface area (Å²) in [6, 6.07) is 0. The number of rotatable bonds is 3. The third-order valence-corrected chi connectivity index (χ3v) is 9.20. The standard InChI is InChI=1S/C25H34O4/c1-14-11-20-18-6-5-16-12-17(27)7-9-24(16,3)19(18)8-10-25(20,4)22(14)23-21(29-23)13-28-15(2)26/h8,12,14,18,20-23H,5-7,9-11,13H2,1-4H3/t14-,18?,20?,21?,22-,23?,24+,25+/m1/s1. The molecule has 1 heterocycles. The maximum Gasteiger partial charge on any atom is 0.302 e. The minimum Gasteiger partial charge on any atom is -0.463 e. The van der Waals surface area contributed by atoms with Crippen molar-refractivity contribution in [3.05, 3.63) is 23.3 Å². The molecule has 0 radical (unpaired) electrons. The van der Waals surface area contributed by atoms with Gasteiger partial charge in [-0.1, -0.05) is 38.0 Å². The number of hydrogen-bond acceptors (Lipinski definition) is 4. The number of carbonyl (C=O) groups excluding carboxylic acids is 2. The Balaban J connectivity index is 1.41. The summed E-state index contributed by atoms with van der Waals surface area (Å²) >= 11 is 0. The van der Waals surface area contributed by atoms with E-state index in [2.05, 4.69) is 26.8 Å². The Hall–Kier alpha value is -1.42. The molecule has 0 amide bonds. The Morgan fingerprint density at radius 3 is 2.86 bits per heavy atom. The van der Waals surface area contributed by atoms with E-state index in [4.69, 9.17) is 9.47 Å². The van der Waals surface area contributed by atoms with E-state index < -0.39 is 0 Å². The molecular weight excluding hydrogens is 364 g/mol. The van der Waals surface area contributed by atoms with Gasteiger partial charge in [0.1, 0.15) is 12.7 Å². The first-order valence-corrected chi connectivity index (χ1v) is 11.5. The van der Waals surface area contributed by atoms with Crippen LogP contribution in [0.15, 0.2) is 23.3 Å². The highest BCUT2D eigenvalue weighted by Gasteiger charge is 2.63. The second-order valence-electron chi connectivity index (χ2n) is 10.8. The van der Waals surface area contributed by atoms with Gasteiger partial charge in [0.25, 0.3) is 0 Å². The molecule has 5 rings (SSSR count). The SMILES string of the molecule is CC(=O)OCC1OC1[C@H]1[C@H](C)CC2C3CCC4=CC(=O)CC[C@]4(C)C3=CC[C@@]21C. The van der Waals surface area contributed by atoms with Gasteiger partial charge in [0, 0.05) is 18.8 Å². The molecule has 0 spiro atoms. The molecule has 2 saturated carbocycles. The van der Waals surface area contributed by atoms with Crippen LogP contribution in [0.5, 0.6) is 0 Å². The lowest BCUT2D eigenvalue weighted by atomic mass is 9.51. The molecule has 8 atom stereocenters. The third-order valence-electron chi connectivity index (χ3n) is 9.20. The molecule has 0 N–H and O–H groups in total. The van der Waals surface area contributed by atoms with Crippen LogP contribution >= 0.6 is 0 Å². The number of ketones is 1. The van der Waals surface area contributed by atoms with Gasteiger partial charge in [0.15, 0.2) is 5.78 Å². The maximum atomic E-state index is 12.0. The molecule has 0 aromatic heterocycles. The molecule has 158 valence electrons. The summed E-state index contributed by atoms with van der Waals surface area (Å²) in [5, 5.41) is 0. The number of hydrogen-bond donors (Lipinski definition) is 0. The van der Waals surface area contributed by atoms with E-state index in [1.165, 1.54) is 25.3 Å². The summed E-state index contributed by atoms with van der Waals surface area (Å²) in [6.45, 7) is 9.14. The summed E-state index contributed by atoms with van der Waals surface area (Å²) in [6.07, 6.45) is 11.1. The summed E-state index contributed by atoms with van der Waals surface area (Å²) in [4.78, 5) is 23.2. The Morgan fingerprint density at radius 2 is 2.10 bits per heavy atom. The van der Waals surface area contributed by atoms with Crippen molar-refractivity contribution in [2.75, 3.05) is 6.61 Å². The number of carbonyl (C=O) groups is 2. The molecule has 0 aromatic rings. The molecule has 0 aromatic carbocycles. The molecule has 1 saturated heterocycles. The maximum absolute atomic E-state index is 12.0. The summed E-state index contributed by atoms with van der Waals surface area (Å²) in [5.74, 6) is 2.58. The van der Waals surface area contributed by atoms with E-state index >= 15 is 0 Å². The fourth-order valence-corrected chi connectivity index (χ4v) is 7.77. The Labute approximate surface area is 174 Å². The molecule has 4 aliphatic carbocycles. The van der Waals surface area contributed by atoms with Gasteiger partial charge in [-0.15, -0.1) is 0 Å². The smallest absolute Gasteiger partial charge is 0.302 e. The van der Waals surface area contributed by atoms with Crippen molar-refractivity contribution in [3.63, 3.8) is 0 Å². The Bertz CT molecular complexity index is 810. The van der Waals surface area contributed by atoms with E-state index in [9.17, 15) is 9.59 Å². The van der Waals surface area contributed by atoms with Crippen molar-refractivity contribution in [2.45, 2.75) is 78.4 Å². The van der Waals surface area contributed by atoms with E-state index in [0.717, 1.165) is 19.3 Å². The van der Waals surface area contributed by atoms with Crippen LogP contribution in [0.4, 0.5) is 0 Å². The van der Waals surface area contributed by atoms with Crippen LogP contribution < -0.4 is 0 Å². The zero-order valence-corrected chi connectivity index (χ0v) is 18.2. The second-order valence-corrected chi connectivity index (χ2v) is 10.8. The van der Waals surface area contributed by atoms with Gasteiger partial charge in [0.05, 0.1) is 6.10 Å². The molecular formula is C25H34O4. The Morgan fingerprint density at radius 1 is 1.31 bits per heavy atom. The number of allylic oxidation sites excluding steroid dienone is 4. The number of fused-ring (bicyclic) bond motifs is 5. The van der Waals surface area contributed by atoms with Gasteiger partial charge in [-0.25, -0.2) is 0 Å².